The molecule has 1 N–H and O–H groups in total. The van der Waals surface area contributed by atoms with Crippen LogP contribution in [0.5, 0.6) is 0 Å². The van der Waals surface area contributed by atoms with E-state index in [4.69, 9.17) is 16.6 Å². The Morgan fingerprint density at radius 2 is 1.73 bits per heavy atom. The van der Waals surface area contributed by atoms with Crippen LogP contribution in [0, 0.1) is 0 Å². The third kappa shape index (κ3) is 5.03. The number of nitrogens with zero attached hydrogens (tertiary/aromatic N) is 1. The molecule has 0 spiro atoms. The van der Waals surface area contributed by atoms with Crippen molar-refractivity contribution >= 4 is 34.9 Å². The molecule has 3 aromatic carbocycles. The monoisotopic (exact) mass is 430 g/mol. The average molecular weight is 431 g/mol. The predicted octanol–water partition coefficient (Wildman–Crippen LogP) is 6.46. The van der Waals surface area contributed by atoms with E-state index in [1.807, 2.05) is 54.6 Å². The van der Waals surface area contributed by atoms with Crippen molar-refractivity contribution in [2.75, 3.05) is 0 Å². The number of amides is 1. The highest BCUT2D eigenvalue weighted by atomic mass is 35.5. The Morgan fingerprint density at radius 3 is 2.57 bits per heavy atom. The van der Waals surface area contributed by atoms with E-state index in [1.165, 1.54) is 6.08 Å². The van der Waals surface area contributed by atoms with Crippen molar-refractivity contribution in [3.63, 3.8) is 0 Å². The fourth-order valence-corrected chi connectivity index (χ4v) is 4.01. The Labute approximate surface area is 184 Å². The van der Waals surface area contributed by atoms with Crippen molar-refractivity contribution in [2.45, 2.75) is 6.54 Å². The van der Waals surface area contributed by atoms with Crippen molar-refractivity contribution in [2.24, 2.45) is 0 Å². The maximum atomic E-state index is 12.2. The SMILES string of the molecule is O=C(/C=C/c1ccccc1Cl)NCc1cccc(-c2nc(-c3ccccc3)cs2)c1. The molecule has 4 aromatic rings. The minimum atomic E-state index is -0.166. The molecule has 0 aliphatic carbocycles. The highest BCUT2D eigenvalue weighted by molar-refractivity contribution is 7.13. The Morgan fingerprint density at radius 1 is 0.967 bits per heavy atom. The lowest BCUT2D eigenvalue weighted by Gasteiger charge is -2.05. The molecule has 1 aromatic heterocycles. The van der Waals surface area contributed by atoms with Gasteiger partial charge in [-0.25, -0.2) is 4.98 Å². The number of thiazole rings is 1. The first-order chi connectivity index (χ1) is 14.7. The second kappa shape index (κ2) is 9.53. The molecule has 0 radical (unpaired) electrons. The molecule has 4 rings (SSSR count). The summed E-state index contributed by atoms with van der Waals surface area (Å²) in [6.07, 6.45) is 3.22. The molecule has 0 atom stereocenters. The van der Waals surface area contributed by atoms with E-state index in [9.17, 15) is 4.79 Å². The Balaban J connectivity index is 1.41. The number of carbonyl (C=O) groups is 1. The van der Waals surface area contributed by atoms with Gasteiger partial charge >= 0.3 is 0 Å². The highest BCUT2D eigenvalue weighted by Crippen LogP contribution is 2.29. The van der Waals surface area contributed by atoms with Crippen LogP contribution in [0.3, 0.4) is 0 Å². The molecule has 1 heterocycles. The molecule has 0 fully saturated rings. The van der Waals surface area contributed by atoms with Gasteiger partial charge in [0.05, 0.1) is 5.69 Å². The molecule has 0 unspecified atom stereocenters. The lowest BCUT2D eigenvalue weighted by Crippen LogP contribution is -2.20. The van der Waals surface area contributed by atoms with Gasteiger partial charge in [0.25, 0.3) is 0 Å². The molecule has 0 saturated carbocycles. The third-order valence-electron chi connectivity index (χ3n) is 4.53. The highest BCUT2D eigenvalue weighted by Gasteiger charge is 2.07. The van der Waals surface area contributed by atoms with Crippen molar-refractivity contribution in [1.29, 1.82) is 0 Å². The summed E-state index contributed by atoms with van der Waals surface area (Å²) in [4.78, 5) is 16.9. The molecule has 3 nitrogen and oxygen atoms in total. The van der Waals surface area contributed by atoms with E-state index < -0.39 is 0 Å². The molecular weight excluding hydrogens is 412 g/mol. The van der Waals surface area contributed by atoms with Gasteiger partial charge < -0.3 is 5.32 Å². The second-order valence-electron chi connectivity index (χ2n) is 6.68. The van der Waals surface area contributed by atoms with Crippen LogP contribution in [-0.4, -0.2) is 10.9 Å². The van der Waals surface area contributed by atoms with Crippen LogP contribution in [0.2, 0.25) is 5.02 Å². The fraction of sp³-hybridized carbons (Fsp3) is 0.0400. The van der Waals surface area contributed by atoms with Crippen LogP contribution in [-0.2, 0) is 11.3 Å². The number of hydrogen-bond donors (Lipinski definition) is 1. The molecule has 0 aliphatic rings. The smallest absolute Gasteiger partial charge is 0.244 e. The van der Waals surface area contributed by atoms with Crippen LogP contribution in [0.25, 0.3) is 27.9 Å². The summed E-state index contributed by atoms with van der Waals surface area (Å²) in [7, 11) is 0. The van der Waals surface area contributed by atoms with Crippen molar-refractivity contribution < 1.29 is 4.79 Å². The van der Waals surface area contributed by atoms with Gasteiger partial charge in [0.2, 0.25) is 5.91 Å². The maximum absolute atomic E-state index is 12.2. The van der Waals surface area contributed by atoms with E-state index >= 15 is 0 Å². The number of rotatable bonds is 6. The number of nitrogens with one attached hydrogen (secondary N) is 1. The molecule has 5 heteroatoms. The second-order valence-corrected chi connectivity index (χ2v) is 7.94. The lowest BCUT2D eigenvalue weighted by atomic mass is 10.1. The standard InChI is InChI=1S/C25H19ClN2OS/c26-22-12-5-4-8-19(22)13-14-24(29)27-16-18-7-6-11-21(15-18)25-28-23(17-30-25)20-9-2-1-3-10-20/h1-15,17H,16H2,(H,27,29)/b14-13+. The minimum Gasteiger partial charge on any atom is -0.348 e. The van der Waals surface area contributed by atoms with E-state index in [1.54, 1.807) is 23.5 Å². The molecule has 0 aliphatic heterocycles. The molecule has 148 valence electrons. The van der Waals surface area contributed by atoms with Crippen molar-refractivity contribution in [3.8, 4) is 21.8 Å². The molecule has 0 bridgehead atoms. The van der Waals surface area contributed by atoms with E-state index in [0.717, 1.165) is 33.0 Å². The van der Waals surface area contributed by atoms with Gasteiger partial charge in [0.15, 0.2) is 0 Å². The quantitative estimate of drug-likeness (QED) is 0.356. The zero-order chi connectivity index (χ0) is 20.8. The van der Waals surface area contributed by atoms with Gasteiger partial charge in [-0.05, 0) is 29.3 Å². The minimum absolute atomic E-state index is 0.166. The van der Waals surface area contributed by atoms with Crippen LogP contribution >= 0.6 is 22.9 Å². The molecular formula is C25H19ClN2OS. The number of halogens is 1. The van der Waals surface area contributed by atoms with Crippen LogP contribution in [0.4, 0.5) is 0 Å². The van der Waals surface area contributed by atoms with Crippen molar-refractivity contribution in [3.05, 3.63) is 106 Å². The third-order valence-corrected chi connectivity index (χ3v) is 5.77. The first-order valence-corrected chi connectivity index (χ1v) is 10.8. The number of benzene rings is 3. The first kappa shape index (κ1) is 20.1. The average Bonchev–Trinajstić information content (AvgIpc) is 3.28. The zero-order valence-electron chi connectivity index (χ0n) is 16.1. The molecule has 30 heavy (non-hydrogen) atoms. The first-order valence-electron chi connectivity index (χ1n) is 9.50. The van der Waals surface area contributed by atoms with Crippen LogP contribution < -0.4 is 5.32 Å². The maximum Gasteiger partial charge on any atom is 0.244 e. The van der Waals surface area contributed by atoms with E-state index in [0.29, 0.717) is 11.6 Å². The summed E-state index contributed by atoms with van der Waals surface area (Å²) in [5, 5.41) is 6.56. The lowest BCUT2D eigenvalue weighted by molar-refractivity contribution is -0.116. The van der Waals surface area contributed by atoms with Crippen LogP contribution in [0.15, 0.2) is 90.3 Å². The van der Waals surface area contributed by atoms with Gasteiger partial charge in [0.1, 0.15) is 5.01 Å². The summed E-state index contributed by atoms with van der Waals surface area (Å²) in [5.41, 5.74) is 4.95. The largest absolute Gasteiger partial charge is 0.348 e. The topological polar surface area (TPSA) is 42.0 Å². The van der Waals surface area contributed by atoms with E-state index in [-0.39, 0.29) is 5.91 Å². The molecule has 0 saturated heterocycles. The summed E-state index contributed by atoms with van der Waals surface area (Å²) in [6.45, 7) is 0.441. The van der Waals surface area contributed by atoms with Gasteiger partial charge in [0, 0.05) is 34.2 Å². The Hall–Kier alpha value is -3.21. The zero-order valence-corrected chi connectivity index (χ0v) is 17.7. The Kier molecular flexibility index (Phi) is 6.38. The number of aromatic nitrogens is 1. The summed E-state index contributed by atoms with van der Waals surface area (Å²) < 4.78 is 0. The number of hydrogen-bond acceptors (Lipinski definition) is 3. The number of carbonyl (C=O) groups excluding carboxylic acids is 1. The normalized spacial score (nSPS) is 11.0. The summed E-state index contributed by atoms with van der Waals surface area (Å²) in [6, 6.07) is 25.6. The van der Waals surface area contributed by atoms with Crippen LogP contribution in [0.1, 0.15) is 11.1 Å². The van der Waals surface area contributed by atoms with Gasteiger partial charge in [-0.3, -0.25) is 4.79 Å². The summed E-state index contributed by atoms with van der Waals surface area (Å²) in [5.74, 6) is -0.166. The molecule has 1 amide bonds. The fourth-order valence-electron chi connectivity index (χ4n) is 2.99. The van der Waals surface area contributed by atoms with Gasteiger partial charge in [-0.1, -0.05) is 78.3 Å². The van der Waals surface area contributed by atoms with Gasteiger partial charge in [-0.2, -0.15) is 0 Å². The predicted molar refractivity (Wildman–Crippen MR) is 125 cm³/mol. The van der Waals surface area contributed by atoms with Crippen molar-refractivity contribution in [1.82, 2.24) is 10.3 Å². The summed E-state index contributed by atoms with van der Waals surface area (Å²) >= 11 is 7.72. The Bertz CT molecular complexity index is 1180. The van der Waals surface area contributed by atoms with E-state index in [2.05, 4.69) is 28.9 Å². The van der Waals surface area contributed by atoms with Gasteiger partial charge in [-0.15, -0.1) is 11.3 Å².